The minimum Gasteiger partial charge on any atom is -0.368 e. The molecule has 2 aromatic rings. The molecule has 0 saturated carbocycles. The molecule has 24 heavy (non-hydrogen) atoms. The Morgan fingerprint density at radius 1 is 1.54 bits per heavy atom. The van der Waals surface area contributed by atoms with E-state index in [1.54, 1.807) is 17.9 Å². The van der Waals surface area contributed by atoms with E-state index in [4.69, 9.17) is 4.74 Å². The molecule has 2 aromatic heterocycles. The first-order valence-corrected chi connectivity index (χ1v) is 7.58. The quantitative estimate of drug-likeness (QED) is 0.901. The van der Waals surface area contributed by atoms with Gasteiger partial charge in [0.1, 0.15) is 11.2 Å². The molecule has 0 radical (unpaired) electrons. The second-order valence-electron chi connectivity index (χ2n) is 5.84. The van der Waals surface area contributed by atoms with Crippen LogP contribution in [0, 0.1) is 6.92 Å². The number of halogens is 2. The number of hydrogen-bond donors (Lipinski definition) is 1. The number of amides is 1. The van der Waals surface area contributed by atoms with E-state index in [2.05, 4.69) is 20.1 Å². The molecule has 130 valence electrons. The van der Waals surface area contributed by atoms with Gasteiger partial charge in [-0.3, -0.25) is 9.48 Å². The lowest BCUT2D eigenvalue weighted by Gasteiger charge is -2.27. The molecule has 0 bridgehead atoms. The Morgan fingerprint density at radius 2 is 2.33 bits per heavy atom. The van der Waals surface area contributed by atoms with Gasteiger partial charge < -0.3 is 14.6 Å². The van der Waals surface area contributed by atoms with Crippen molar-refractivity contribution in [3.63, 3.8) is 0 Å². The van der Waals surface area contributed by atoms with Gasteiger partial charge in [0, 0.05) is 25.4 Å². The summed E-state index contributed by atoms with van der Waals surface area (Å²) in [6.07, 6.45) is 2.17. The van der Waals surface area contributed by atoms with Gasteiger partial charge in [0.2, 0.25) is 5.76 Å². The van der Waals surface area contributed by atoms with Crippen molar-refractivity contribution >= 4 is 5.91 Å². The number of carbonyl (C=O) groups excluding carboxylic acids is 1. The zero-order chi connectivity index (χ0) is 17.3. The Kier molecular flexibility index (Phi) is 4.35. The molecule has 1 atom stereocenters. The van der Waals surface area contributed by atoms with Crippen molar-refractivity contribution in [3.8, 4) is 0 Å². The predicted molar refractivity (Wildman–Crippen MR) is 78.6 cm³/mol. The van der Waals surface area contributed by atoms with Gasteiger partial charge in [-0.2, -0.15) is 5.10 Å². The van der Waals surface area contributed by atoms with Crippen LogP contribution >= 0.6 is 0 Å². The lowest BCUT2D eigenvalue weighted by atomic mass is 9.93. The molecule has 1 aliphatic rings. The second-order valence-corrected chi connectivity index (χ2v) is 5.84. The van der Waals surface area contributed by atoms with Gasteiger partial charge in [0.25, 0.3) is 12.3 Å². The van der Waals surface area contributed by atoms with E-state index >= 15 is 0 Å². The average Bonchev–Trinajstić information content (AvgIpc) is 3.24. The number of nitrogens with zero attached hydrogens (tertiary/aromatic N) is 3. The van der Waals surface area contributed by atoms with E-state index in [9.17, 15) is 13.6 Å². The summed E-state index contributed by atoms with van der Waals surface area (Å²) in [5, 5.41) is 10.3. The number of aryl methyl sites for hydroxylation is 2. The van der Waals surface area contributed by atoms with Crippen LogP contribution < -0.4 is 5.32 Å². The largest absolute Gasteiger partial charge is 0.368 e. The molecule has 0 spiro atoms. The van der Waals surface area contributed by atoms with Gasteiger partial charge in [-0.15, -0.1) is 0 Å². The standard InChI is InChI=1S/C15H18F2N4O3/c1-9-11(12(13(16)17)24-20-9)14(22)18-8-15(4-3-5-23-15)10-6-19-21(2)7-10/h6-7,13H,3-5,8H2,1-2H3,(H,18,22). The van der Waals surface area contributed by atoms with E-state index in [-0.39, 0.29) is 17.8 Å². The average molecular weight is 340 g/mol. The fourth-order valence-electron chi connectivity index (χ4n) is 2.95. The first-order valence-electron chi connectivity index (χ1n) is 7.58. The molecule has 7 nitrogen and oxygen atoms in total. The number of aromatic nitrogens is 3. The number of alkyl halides is 2. The number of carbonyl (C=O) groups is 1. The van der Waals surface area contributed by atoms with E-state index < -0.39 is 23.7 Å². The molecule has 0 aromatic carbocycles. The SMILES string of the molecule is Cc1noc(C(F)F)c1C(=O)NCC1(c2cnn(C)c2)CCCO1. The van der Waals surface area contributed by atoms with Crippen LogP contribution in [0.4, 0.5) is 8.78 Å². The maximum absolute atomic E-state index is 12.9. The predicted octanol–water partition coefficient (Wildman–Crippen LogP) is 2.09. The van der Waals surface area contributed by atoms with E-state index in [0.717, 1.165) is 12.0 Å². The topological polar surface area (TPSA) is 82.2 Å². The smallest absolute Gasteiger partial charge is 0.298 e. The summed E-state index contributed by atoms with van der Waals surface area (Å²) < 4.78 is 37.9. The lowest BCUT2D eigenvalue weighted by molar-refractivity contribution is 0.00123. The highest BCUT2D eigenvalue weighted by atomic mass is 19.3. The first kappa shape index (κ1) is 16.6. The van der Waals surface area contributed by atoms with Crippen LogP contribution in [0.5, 0.6) is 0 Å². The van der Waals surface area contributed by atoms with Crippen LogP contribution in [0.25, 0.3) is 0 Å². The fraction of sp³-hybridized carbons (Fsp3) is 0.533. The normalized spacial score (nSPS) is 20.7. The van der Waals surface area contributed by atoms with Crippen LogP contribution in [0.1, 0.15) is 46.6 Å². The minimum atomic E-state index is -2.90. The number of rotatable bonds is 5. The van der Waals surface area contributed by atoms with Gasteiger partial charge in [0.05, 0.1) is 18.4 Å². The maximum Gasteiger partial charge on any atom is 0.298 e. The zero-order valence-electron chi connectivity index (χ0n) is 13.4. The zero-order valence-corrected chi connectivity index (χ0v) is 13.4. The molecule has 1 saturated heterocycles. The summed E-state index contributed by atoms with van der Waals surface area (Å²) >= 11 is 0. The van der Waals surface area contributed by atoms with Crippen LogP contribution in [0.3, 0.4) is 0 Å². The summed E-state index contributed by atoms with van der Waals surface area (Å²) in [4.78, 5) is 12.4. The number of ether oxygens (including phenoxy) is 1. The van der Waals surface area contributed by atoms with Gasteiger partial charge in [-0.25, -0.2) is 8.78 Å². The van der Waals surface area contributed by atoms with Crippen molar-refractivity contribution in [1.29, 1.82) is 0 Å². The third-order valence-electron chi connectivity index (χ3n) is 4.18. The highest BCUT2D eigenvalue weighted by Crippen LogP contribution is 2.35. The van der Waals surface area contributed by atoms with Gasteiger partial charge in [-0.1, -0.05) is 5.16 Å². The van der Waals surface area contributed by atoms with Crippen molar-refractivity contribution < 1.29 is 22.8 Å². The van der Waals surface area contributed by atoms with Crippen LogP contribution in [0.15, 0.2) is 16.9 Å². The molecule has 9 heteroatoms. The van der Waals surface area contributed by atoms with Crippen molar-refractivity contribution in [2.45, 2.75) is 31.8 Å². The van der Waals surface area contributed by atoms with Crippen LogP contribution in [0.2, 0.25) is 0 Å². The highest BCUT2D eigenvalue weighted by Gasteiger charge is 2.39. The highest BCUT2D eigenvalue weighted by molar-refractivity contribution is 5.96. The van der Waals surface area contributed by atoms with Crippen LogP contribution in [-0.2, 0) is 17.4 Å². The Hall–Kier alpha value is -2.29. The van der Waals surface area contributed by atoms with Crippen molar-refractivity contribution in [2.75, 3.05) is 13.2 Å². The lowest BCUT2D eigenvalue weighted by Crippen LogP contribution is -2.40. The number of nitrogens with one attached hydrogen (secondary N) is 1. The van der Waals surface area contributed by atoms with E-state index in [1.165, 1.54) is 6.92 Å². The number of hydrogen-bond acceptors (Lipinski definition) is 5. The minimum absolute atomic E-state index is 0.130. The first-order chi connectivity index (χ1) is 11.4. The Balaban J connectivity index is 1.79. The third-order valence-corrected chi connectivity index (χ3v) is 4.18. The molecule has 1 unspecified atom stereocenters. The second kappa shape index (κ2) is 6.31. The van der Waals surface area contributed by atoms with Gasteiger partial charge >= 0.3 is 0 Å². The molecular formula is C15H18F2N4O3. The van der Waals surface area contributed by atoms with E-state index in [0.29, 0.717) is 13.0 Å². The van der Waals surface area contributed by atoms with Crippen molar-refractivity contribution in [1.82, 2.24) is 20.3 Å². The maximum atomic E-state index is 12.9. The summed E-state index contributed by atoms with van der Waals surface area (Å²) in [5.41, 5.74) is 0.0637. The molecule has 3 heterocycles. The Morgan fingerprint density at radius 3 is 2.92 bits per heavy atom. The summed E-state index contributed by atoms with van der Waals surface area (Å²) in [5.74, 6) is -1.37. The Labute approximate surface area is 136 Å². The Bertz CT molecular complexity index is 735. The third kappa shape index (κ3) is 2.91. The molecule has 3 rings (SSSR count). The van der Waals surface area contributed by atoms with Gasteiger partial charge in [0.15, 0.2) is 0 Å². The summed E-state index contributed by atoms with van der Waals surface area (Å²) in [6.45, 7) is 2.18. The molecule has 0 aliphatic carbocycles. The molecule has 1 amide bonds. The summed E-state index contributed by atoms with van der Waals surface area (Å²) in [6, 6.07) is 0. The van der Waals surface area contributed by atoms with E-state index in [1.807, 2.05) is 6.20 Å². The molecule has 1 N–H and O–H groups in total. The monoisotopic (exact) mass is 340 g/mol. The molecular weight excluding hydrogens is 322 g/mol. The molecule has 1 fully saturated rings. The van der Waals surface area contributed by atoms with Crippen LogP contribution in [-0.4, -0.2) is 34.0 Å². The fourth-order valence-corrected chi connectivity index (χ4v) is 2.95. The van der Waals surface area contributed by atoms with Crippen molar-refractivity contribution in [2.24, 2.45) is 7.05 Å². The summed E-state index contributed by atoms with van der Waals surface area (Å²) in [7, 11) is 1.79. The van der Waals surface area contributed by atoms with Gasteiger partial charge in [-0.05, 0) is 19.8 Å². The molecule has 1 aliphatic heterocycles. The van der Waals surface area contributed by atoms with Crippen molar-refractivity contribution in [3.05, 3.63) is 35.0 Å².